The fraction of sp³-hybridized carbons (Fsp3) is 0.100. The van der Waals surface area contributed by atoms with Gasteiger partial charge in [0, 0.05) is 46.5 Å². The van der Waals surface area contributed by atoms with Crippen molar-refractivity contribution in [1.29, 1.82) is 0 Å². The summed E-state index contributed by atoms with van der Waals surface area (Å²) in [5, 5.41) is 0. The Kier molecular flexibility index (Phi) is 18.0. The van der Waals surface area contributed by atoms with Crippen LogP contribution in [-0.2, 0) is 15.0 Å². The molecule has 8 heteroatoms. The summed E-state index contributed by atoms with van der Waals surface area (Å²) >= 11 is 0. The lowest BCUT2D eigenvalue weighted by Gasteiger charge is -2.26. The van der Waals surface area contributed by atoms with Gasteiger partial charge >= 0.3 is 11.9 Å². The van der Waals surface area contributed by atoms with Crippen LogP contribution in [0.25, 0.3) is 23.3 Å². The molecule has 0 atom stereocenters. The average Bonchev–Trinajstić information content (AvgIpc) is 2.96. The lowest BCUT2D eigenvalue weighted by molar-refractivity contribution is -0.136. The van der Waals surface area contributed by atoms with Crippen molar-refractivity contribution in [2.24, 2.45) is 0 Å². The number of hydrogen-bond acceptors (Lipinski definition) is 8. The van der Waals surface area contributed by atoms with E-state index in [9.17, 15) is 9.59 Å². The summed E-state index contributed by atoms with van der Waals surface area (Å²) in [6.07, 6.45) is 4.52. The maximum Gasteiger partial charge on any atom is 0.349 e. The summed E-state index contributed by atoms with van der Waals surface area (Å²) < 4.78 is 22.7. The zero-order chi connectivity index (χ0) is 61.0. The lowest BCUT2D eigenvalue weighted by Crippen LogP contribution is -2.19. The van der Waals surface area contributed by atoms with Crippen molar-refractivity contribution < 1.29 is 28.5 Å². The van der Waals surface area contributed by atoms with Gasteiger partial charge in [0.25, 0.3) is 0 Å². The number of esters is 2. The van der Waals surface area contributed by atoms with Crippen molar-refractivity contribution in [2.45, 2.75) is 40.0 Å². The fourth-order valence-electron chi connectivity index (χ4n) is 10.9. The van der Waals surface area contributed by atoms with Crippen molar-refractivity contribution in [1.82, 2.24) is 0 Å². The molecule has 0 unspecified atom stereocenters. The zero-order valence-electron chi connectivity index (χ0n) is 50.3. The van der Waals surface area contributed by atoms with Crippen LogP contribution >= 0.6 is 0 Å². The molecule has 0 aliphatic heterocycles. The van der Waals surface area contributed by atoms with Crippen LogP contribution in [0.15, 0.2) is 279 Å². The van der Waals surface area contributed by atoms with Gasteiger partial charge in [-0.15, -0.1) is 0 Å². The molecule has 0 heterocycles. The van der Waals surface area contributed by atoms with Gasteiger partial charge in [0.2, 0.25) is 0 Å². The molecule has 0 aromatic heterocycles. The van der Waals surface area contributed by atoms with Crippen molar-refractivity contribution >= 4 is 69.4 Å². The highest BCUT2D eigenvalue weighted by atomic mass is 16.6. The third-order valence-corrected chi connectivity index (χ3v) is 15.8. The Balaban J connectivity index is 0.891. The first-order valence-corrected chi connectivity index (χ1v) is 29.4. The van der Waals surface area contributed by atoms with Crippen molar-refractivity contribution in [2.75, 3.05) is 23.5 Å². The SMILES string of the molecule is COc1ccc(C(=Cc2ccc(N(c3ccccc3)c3ccccc3)cc2C)c2ccc(C(=Cc3ccc(N(c4ccccc4)c4ccccc4)cc3C)c3ccc(OC(=O)COc4ccc(C(C)(C)c5ccc(OC(C)=O)cc5)cc4)cc3)cc2)cc1. The summed E-state index contributed by atoms with van der Waals surface area (Å²) in [4.78, 5) is 29.4. The predicted molar refractivity (Wildman–Crippen MR) is 359 cm³/mol. The van der Waals surface area contributed by atoms with Crippen LogP contribution in [0.1, 0.15) is 76.4 Å². The second-order valence-electron chi connectivity index (χ2n) is 22.1. The van der Waals surface area contributed by atoms with Crippen LogP contribution < -0.4 is 28.7 Å². The minimum Gasteiger partial charge on any atom is -0.497 e. The highest BCUT2D eigenvalue weighted by Gasteiger charge is 2.24. The van der Waals surface area contributed by atoms with Crippen LogP contribution in [0.4, 0.5) is 34.1 Å². The van der Waals surface area contributed by atoms with Gasteiger partial charge in [-0.3, -0.25) is 4.79 Å². The number of para-hydroxylation sites is 4. The van der Waals surface area contributed by atoms with Crippen LogP contribution in [0.5, 0.6) is 23.0 Å². The summed E-state index contributed by atoms with van der Waals surface area (Å²) in [6.45, 7) is 9.68. The Hall–Kier alpha value is -11.0. The predicted octanol–water partition coefficient (Wildman–Crippen LogP) is 19.7. The average molecular weight is 1150 g/mol. The number of ether oxygens (including phenoxy) is 4. The molecule has 11 rings (SSSR count). The van der Waals surface area contributed by atoms with Crippen molar-refractivity contribution in [3.63, 3.8) is 0 Å². The molecule has 8 nitrogen and oxygen atoms in total. The van der Waals surface area contributed by atoms with E-state index in [-0.39, 0.29) is 18.0 Å². The van der Waals surface area contributed by atoms with E-state index in [1.165, 1.54) is 6.92 Å². The maximum atomic E-state index is 13.4. The number of methoxy groups -OCH3 is 1. The van der Waals surface area contributed by atoms with E-state index in [1.807, 2.05) is 97.1 Å². The van der Waals surface area contributed by atoms with Gasteiger partial charge in [-0.2, -0.15) is 0 Å². The maximum absolute atomic E-state index is 13.4. The van der Waals surface area contributed by atoms with E-state index < -0.39 is 5.97 Å². The standard InChI is InChI=1S/C80H68N2O6/c1-56-51-71(81(67-19-11-7-12-20-67)68-21-13-8-14-22-68)41-31-63(56)53-77(61-33-43-73(85-6)44-34-61)59-27-29-60(30-28-59)78(54-64-32-42-72(52-57(64)2)82(69-23-15-9-16-24-69)70-25-17-10-18-26-70)62-35-45-76(46-36-62)88-79(84)55-86-74-47-37-65(38-48-74)80(4,5)66-39-49-75(50-40-66)87-58(3)83/h7-54H,55H2,1-6H3. The van der Waals surface area contributed by atoms with Gasteiger partial charge in [-0.25, -0.2) is 4.79 Å². The molecule has 0 spiro atoms. The highest BCUT2D eigenvalue weighted by Crippen LogP contribution is 2.40. The Morgan fingerprint density at radius 1 is 0.386 bits per heavy atom. The summed E-state index contributed by atoms with van der Waals surface area (Å²) in [6, 6.07) is 94.9. The van der Waals surface area contributed by atoms with E-state index in [2.05, 4.69) is 220 Å². The van der Waals surface area contributed by atoms with Crippen LogP contribution in [0, 0.1) is 13.8 Å². The van der Waals surface area contributed by atoms with Crippen LogP contribution in [0.3, 0.4) is 0 Å². The number of rotatable bonds is 20. The molecule has 0 saturated heterocycles. The molecule has 0 aliphatic carbocycles. The van der Waals surface area contributed by atoms with Gasteiger partial charge in [0.15, 0.2) is 6.61 Å². The Morgan fingerprint density at radius 2 is 0.716 bits per heavy atom. The molecule has 0 N–H and O–H groups in total. The molecule has 0 fully saturated rings. The van der Waals surface area contributed by atoms with E-state index in [0.717, 1.165) is 107 Å². The van der Waals surface area contributed by atoms with Crippen LogP contribution in [-0.4, -0.2) is 25.7 Å². The first kappa shape index (κ1) is 58.8. The topological polar surface area (TPSA) is 77.5 Å². The summed E-state index contributed by atoms with van der Waals surface area (Å²) in [5.41, 5.74) is 18.6. The largest absolute Gasteiger partial charge is 0.497 e. The molecule has 0 amide bonds. The Labute approximate surface area is 516 Å². The number of hydrogen-bond donors (Lipinski definition) is 0. The second-order valence-corrected chi connectivity index (χ2v) is 22.1. The Morgan fingerprint density at radius 3 is 1.07 bits per heavy atom. The second kappa shape index (κ2) is 27.0. The van der Waals surface area contributed by atoms with Crippen molar-refractivity contribution in [3.8, 4) is 23.0 Å². The van der Waals surface area contributed by atoms with E-state index in [0.29, 0.717) is 17.2 Å². The van der Waals surface area contributed by atoms with E-state index >= 15 is 0 Å². The van der Waals surface area contributed by atoms with Gasteiger partial charge in [0.1, 0.15) is 23.0 Å². The highest BCUT2D eigenvalue weighted by molar-refractivity contribution is 5.96. The normalized spacial score (nSPS) is 11.6. The van der Waals surface area contributed by atoms with E-state index in [1.54, 1.807) is 19.2 Å². The van der Waals surface area contributed by atoms with Gasteiger partial charge < -0.3 is 28.7 Å². The smallest absolute Gasteiger partial charge is 0.349 e. The van der Waals surface area contributed by atoms with Gasteiger partial charge in [-0.05, 0) is 214 Å². The minimum atomic E-state index is -0.527. The number of anilines is 6. The molecule has 11 aromatic rings. The molecular weight excluding hydrogens is 1080 g/mol. The quantitative estimate of drug-likeness (QED) is 0.0424. The van der Waals surface area contributed by atoms with Crippen molar-refractivity contribution in [3.05, 3.63) is 335 Å². The number of carbonyl (C=O) groups excluding carboxylic acids is 2. The fourth-order valence-corrected chi connectivity index (χ4v) is 10.9. The molecule has 0 aliphatic rings. The first-order valence-electron chi connectivity index (χ1n) is 29.4. The first-order chi connectivity index (χ1) is 42.9. The zero-order valence-corrected chi connectivity index (χ0v) is 50.3. The van der Waals surface area contributed by atoms with Crippen LogP contribution in [0.2, 0.25) is 0 Å². The molecule has 0 bridgehead atoms. The third-order valence-electron chi connectivity index (χ3n) is 15.8. The molecule has 434 valence electrons. The summed E-state index contributed by atoms with van der Waals surface area (Å²) in [7, 11) is 1.69. The molecule has 88 heavy (non-hydrogen) atoms. The number of benzene rings is 11. The number of aryl methyl sites for hydroxylation is 2. The molecule has 11 aromatic carbocycles. The van der Waals surface area contributed by atoms with Gasteiger partial charge in [-0.1, -0.05) is 172 Å². The molecule has 0 radical (unpaired) electrons. The minimum absolute atomic E-state index is 0.278. The Bertz CT molecular complexity index is 4140. The lowest BCUT2D eigenvalue weighted by atomic mass is 9.78. The molecule has 0 saturated carbocycles. The number of carbonyl (C=O) groups is 2. The molecular formula is C80H68N2O6. The monoisotopic (exact) mass is 1150 g/mol. The van der Waals surface area contributed by atoms with Gasteiger partial charge in [0.05, 0.1) is 7.11 Å². The van der Waals surface area contributed by atoms with E-state index in [4.69, 9.17) is 18.9 Å². The third kappa shape index (κ3) is 13.9. The number of nitrogens with zero attached hydrogens (tertiary/aromatic N) is 2. The summed E-state index contributed by atoms with van der Waals surface area (Å²) in [5.74, 6) is 1.34.